The van der Waals surface area contributed by atoms with E-state index in [4.69, 9.17) is 25.8 Å². The van der Waals surface area contributed by atoms with Crippen molar-refractivity contribution in [2.24, 2.45) is 0 Å². The molecule has 0 bridgehead atoms. The van der Waals surface area contributed by atoms with E-state index in [1.165, 1.54) is 38.5 Å². The fraction of sp³-hybridized carbons (Fsp3) is 0.273. The molecule has 3 rings (SSSR count). The number of carbonyl (C=O) groups is 2. The zero-order chi connectivity index (χ0) is 24.2. The fourth-order valence-electron chi connectivity index (χ4n) is 3.38. The van der Waals surface area contributed by atoms with Gasteiger partial charge in [-0.2, -0.15) is 0 Å². The van der Waals surface area contributed by atoms with Crippen molar-refractivity contribution in [3.8, 4) is 11.5 Å². The van der Waals surface area contributed by atoms with Crippen LogP contribution in [0.2, 0.25) is 5.02 Å². The fourth-order valence-corrected chi connectivity index (χ4v) is 4.83. The standard InChI is InChI=1S/C22H23ClN2O7S/c1-4-32-21(26)19-16(12-33(28,29)15-8-6-14(23)7-9-15)24-22(27)25-20(19)13-5-10-17(30-2)18(11-13)31-3/h5-11,20H,4,12H2,1-3H3,(H2,24,25,27). The van der Waals surface area contributed by atoms with Gasteiger partial charge >= 0.3 is 12.0 Å². The van der Waals surface area contributed by atoms with Crippen LogP contribution >= 0.6 is 11.6 Å². The molecule has 0 aliphatic carbocycles. The molecule has 1 aliphatic rings. The lowest BCUT2D eigenvalue weighted by molar-refractivity contribution is -0.139. The van der Waals surface area contributed by atoms with Crippen LogP contribution in [0.25, 0.3) is 0 Å². The van der Waals surface area contributed by atoms with Crippen molar-refractivity contribution in [3.05, 3.63) is 64.3 Å². The van der Waals surface area contributed by atoms with Crippen molar-refractivity contribution in [1.82, 2.24) is 10.6 Å². The van der Waals surface area contributed by atoms with Gasteiger partial charge in [0.25, 0.3) is 0 Å². The topological polar surface area (TPSA) is 120 Å². The van der Waals surface area contributed by atoms with Gasteiger partial charge in [-0.15, -0.1) is 0 Å². The molecule has 1 aliphatic heterocycles. The van der Waals surface area contributed by atoms with E-state index in [1.54, 1.807) is 25.1 Å². The summed E-state index contributed by atoms with van der Waals surface area (Å²) in [5, 5.41) is 5.50. The number of rotatable bonds is 8. The van der Waals surface area contributed by atoms with E-state index < -0.39 is 33.6 Å². The molecule has 2 amide bonds. The van der Waals surface area contributed by atoms with Gasteiger partial charge in [-0.1, -0.05) is 17.7 Å². The number of sulfone groups is 1. The number of hydrogen-bond donors (Lipinski definition) is 2. The third-order valence-corrected chi connectivity index (χ3v) is 6.81. The van der Waals surface area contributed by atoms with Crippen molar-refractivity contribution in [2.45, 2.75) is 17.9 Å². The van der Waals surface area contributed by atoms with Crippen LogP contribution in [-0.2, 0) is 19.4 Å². The van der Waals surface area contributed by atoms with E-state index >= 15 is 0 Å². The first kappa shape index (κ1) is 24.4. The molecular weight excluding hydrogens is 472 g/mol. The number of halogens is 1. The van der Waals surface area contributed by atoms with Crippen LogP contribution in [0.3, 0.4) is 0 Å². The van der Waals surface area contributed by atoms with Gasteiger partial charge in [0.05, 0.1) is 43.1 Å². The minimum Gasteiger partial charge on any atom is -0.493 e. The molecule has 176 valence electrons. The number of urea groups is 1. The quantitative estimate of drug-likeness (QED) is 0.541. The van der Waals surface area contributed by atoms with Gasteiger partial charge in [0, 0.05) is 10.7 Å². The molecule has 33 heavy (non-hydrogen) atoms. The summed E-state index contributed by atoms with van der Waals surface area (Å²) in [4.78, 5) is 25.4. The summed E-state index contributed by atoms with van der Waals surface area (Å²) in [5.74, 6) is -0.555. The largest absolute Gasteiger partial charge is 0.493 e. The maximum Gasteiger partial charge on any atom is 0.338 e. The predicted octanol–water partition coefficient (Wildman–Crippen LogP) is 3.00. The minimum atomic E-state index is -3.92. The summed E-state index contributed by atoms with van der Waals surface area (Å²) in [7, 11) is -0.989. The summed E-state index contributed by atoms with van der Waals surface area (Å²) >= 11 is 5.86. The Kier molecular flexibility index (Phi) is 7.50. The highest BCUT2D eigenvalue weighted by atomic mass is 35.5. The molecule has 1 atom stereocenters. The van der Waals surface area contributed by atoms with Gasteiger partial charge in [0.1, 0.15) is 0 Å². The third-order valence-electron chi connectivity index (χ3n) is 4.90. The first-order chi connectivity index (χ1) is 15.7. The van der Waals surface area contributed by atoms with Crippen LogP contribution in [0.5, 0.6) is 11.5 Å². The number of benzene rings is 2. The molecule has 0 spiro atoms. The smallest absolute Gasteiger partial charge is 0.338 e. The lowest BCUT2D eigenvalue weighted by Gasteiger charge is -2.29. The van der Waals surface area contributed by atoms with Crippen LogP contribution in [0.15, 0.2) is 58.6 Å². The number of nitrogens with one attached hydrogen (secondary N) is 2. The maximum absolute atomic E-state index is 13.0. The molecule has 0 aromatic heterocycles. The van der Waals surface area contributed by atoms with Crippen molar-refractivity contribution >= 4 is 33.4 Å². The zero-order valence-electron chi connectivity index (χ0n) is 18.2. The number of amides is 2. The van der Waals surface area contributed by atoms with Crippen molar-refractivity contribution in [1.29, 1.82) is 0 Å². The number of ether oxygens (including phenoxy) is 3. The minimum absolute atomic E-state index is 0.00180. The number of esters is 1. The third kappa shape index (κ3) is 5.40. The highest BCUT2D eigenvalue weighted by Crippen LogP contribution is 2.35. The molecule has 0 saturated heterocycles. The monoisotopic (exact) mass is 494 g/mol. The summed E-state index contributed by atoms with van der Waals surface area (Å²) in [5.41, 5.74) is 0.375. The number of methoxy groups -OCH3 is 2. The summed E-state index contributed by atoms with van der Waals surface area (Å²) in [6.45, 7) is 1.69. The first-order valence-electron chi connectivity index (χ1n) is 9.88. The molecule has 2 aromatic rings. The Labute approximate surface area is 196 Å². The second kappa shape index (κ2) is 10.1. The number of carbonyl (C=O) groups excluding carboxylic acids is 2. The van der Waals surface area contributed by atoms with Gasteiger partial charge in [-0.05, 0) is 48.9 Å². The number of hydrogen-bond acceptors (Lipinski definition) is 7. The average molecular weight is 495 g/mol. The van der Waals surface area contributed by atoms with Gasteiger partial charge in [0.15, 0.2) is 21.3 Å². The average Bonchev–Trinajstić information content (AvgIpc) is 2.78. The zero-order valence-corrected chi connectivity index (χ0v) is 19.7. The van der Waals surface area contributed by atoms with E-state index in [2.05, 4.69) is 10.6 Å². The Morgan fingerprint density at radius 2 is 1.73 bits per heavy atom. The highest BCUT2D eigenvalue weighted by Gasteiger charge is 2.36. The summed E-state index contributed by atoms with van der Waals surface area (Å²) in [6, 6.07) is 8.83. The molecule has 1 heterocycles. The van der Waals surface area contributed by atoms with Crippen molar-refractivity contribution < 1.29 is 32.2 Å². The van der Waals surface area contributed by atoms with Crippen molar-refractivity contribution in [3.63, 3.8) is 0 Å². The van der Waals surface area contributed by atoms with E-state index in [0.29, 0.717) is 22.1 Å². The second-order valence-corrected chi connectivity index (χ2v) is 9.40. The molecule has 2 aromatic carbocycles. The van der Waals surface area contributed by atoms with Gasteiger partial charge in [-0.25, -0.2) is 18.0 Å². The second-order valence-electron chi connectivity index (χ2n) is 6.97. The molecule has 1 unspecified atom stereocenters. The molecule has 9 nitrogen and oxygen atoms in total. The molecule has 2 N–H and O–H groups in total. The molecule has 0 saturated carbocycles. The highest BCUT2D eigenvalue weighted by molar-refractivity contribution is 7.91. The van der Waals surface area contributed by atoms with E-state index in [-0.39, 0.29) is 22.8 Å². The lowest BCUT2D eigenvalue weighted by Crippen LogP contribution is -2.47. The van der Waals surface area contributed by atoms with Crippen LogP contribution in [0, 0.1) is 0 Å². The Morgan fingerprint density at radius 3 is 2.33 bits per heavy atom. The van der Waals surface area contributed by atoms with Crippen LogP contribution in [0.4, 0.5) is 4.79 Å². The van der Waals surface area contributed by atoms with Gasteiger partial charge in [0.2, 0.25) is 0 Å². The Balaban J connectivity index is 2.12. The van der Waals surface area contributed by atoms with E-state index in [1.807, 2.05) is 0 Å². The van der Waals surface area contributed by atoms with Crippen LogP contribution < -0.4 is 20.1 Å². The summed E-state index contributed by atoms with van der Waals surface area (Å²) in [6.07, 6.45) is 0. The van der Waals surface area contributed by atoms with Gasteiger partial charge in [-0.3, -0.25) is 0 Å². The van der Waals surface area contributed by atoms with Crippen LogP contribution in [-0.4, -0.2) is 47.0 Å². The maximum atomic E-state index is 13.0. The van der Waals surface area contributed by atoms with E-state index in [0.717, 1.165) is 0 Å². The Morgan fingerprint density at radius 1 is 1.06 bits per heavy atom. The predicted molar refractivity (Wildman–Crippen MR) is 121 cm³/mol. The van der Waals surface area contributed by atoms with Crippen LogP contribution in [0.1, 0.15) is 18.5 Å². The molecule has 0 fully saturated rings. The first-order valence-corrected chi connectivity index (χ1v) is 11.9. The van der Waals surface area contributed by atoms with Crippen molar-refractivity contribution in [2.75, 3.05) is 26.6 Å². The van der Waals surface area contributed by atoms with E-state index in [9.17, 15) is 18.0 Å². The Bertz CT molecular complexity index is 1190. The van der Waals surface area contributed by atoms with Gasteiger partial charge < -0.3 is 24.8 Å². The molecular formula is C22H23ClN2O7S. The summed E-state index contributed by atoms with van der Waals surface area (Å²) < 4.78 is 41.8. The lowest BCUT2D eigenvalue weighted by atomic mass is 9.95. The Hall–Kier alpha value is -3.24. The SMILES string of the molecule is CCOC(=O)C1=C(CS(=O)(=O)c2ccc(Cl)cc2)NC(=O)NC1c1ccc(OC)c(OC)c1. The molecule has 11 heteroatoms. The normalized spacial score (nSPS) is 16.0. The molecule has 0 radical (unpaired) electrons.